The molecule has 2 aromatic heterocycles. The second-order valence-corrected chi connectivity index (χ2v) is 5.26. The average molecular weight is 326 g/mol. The van der Waals surface area contributed by atoms with Gasteiger partial charge >= 0.3 is 0 Å². The van der Waals surface area contributed by atoms with Crippen LogP contribution < -0.4 is 10.1 Å². The Morgan fingerprint density at radius 3 is 2.67 bits per heavy atom. The first-order valence-corrected chi connectivity index (χ1v) is 7.40. The zero-order valence-electron chi connectivity index (χ0n) is 13.7. The van der Waals surface area contributed by atoms with E-state index in [9.17, 15) is 4.79 Å². The Labute approximate surface area is 139 Å². The third-order valence-electron chi connectivity index (χ3n) is 3.60. The van der Waals surface area contributed by atoms with Crippen LogP contribution in [0.4, 0.5) is 5.82 Å². The molecule has 0 radical (unpaired) electrons. The van der Waals surface area contributed by atoms with E-state index in [-0.39, 0.29) is 12.5 Å². The van der Waals surface area contributed by atoms with Crippen LogP contribution in [-0.2, 0) is 9.53 Å². The van der Waals surface area contributed by atoms with Gasteiger partial charge in [0.25, 0.3) is 5.91 Å². The fourth-order valence-corrected chi connectivity index (χ4v) is 2.43. The summed E-state index contributed by atoms with van der Waals surface area (Å²) in [5, 5.41) is 2.82. The smallest absolute Gasteiger partial charge is 0.251 e. The Kier molecular flexibility index (Phi) is 4.43. The number of ether oxygens (including phenoxy) is 2. The van der Waals surface area contributed by atoms with Crippen molar-refractivity contribution >= 4 is 17.4 Å². The average Bonchev–Trinajstić information content (AvgIpc) is 2.90. The number of anilines is 1. The van der Waals surface area contributed by atoms with E-state index in [1.54, 1.807) is 13.3 Å². The molecule has 0 aliphatic carbocycles. The summed E-state index contributed by atoms with van der Waals surface area (Å²) in [5.74, 6) is 1.17. The molecule has 124 valence electrons. The first-order chi connectivity index (χ1) is 11.6. The van der Waals surface area contributed by atoms with Crippen LogP contribution in [0.1, 0.15) is 5.69 Å². The number of benzene rings is 1. The number of nitrogens with one attached hydrogen (secondary N) is 1. The molecule has 24 heavy (non-hydrogen) atoms. The van der Waals surface area contributed by atoms with Gasteiger partial charge in [0.2, 0.25) is 0 Å². The molecule has 1 aromatic carbocycles. The molecular weight excluding hydrogens is 308 g/mol. The van der Waals surface area contributed by atoms with Crippen molar-refractivity contribution in [3.8, 4) is 17.0 Å². The second kappa shape index (κ2) is 6.67. The molecule has 7 heteroatoms. The molecule has 3 aromatic rings. The monoisotopic (exact) mass is 326 g/mol. The van der Waals surface area contributed by atoms with Crippen LogP contribution in [0.15, 0.2) is 36.7 Å². The van der Waals surface area contributed by atoms with Crippen molar-refractivity contribution in [1.29, 1.82) is 0 Å². The van der Waals surface area contributed by atoms with Gasteiger partial charge in [-0.1, -0.05) is 0 Å². The van der Waals surface area contributed by atoms with Crippen LogP contribution in [-0.4, -0.2) is 41.1 Å². The lowest BCUT2D eigenvalue weighted by Gasteiger charge is -2.07. The number of nitrogens with zero attached hydrogens (tertiary/aromatic N) is 3. The Morgan fingerprint density at radius 2 is 2.00 bits per heavy atom. The zero-order valence-corrected chi connectivity index (χ0v) is 13.7. The number of rotatable bonds is 5. The maximum Gasteiger partial charge on any atom is 0.251 e. The number of carbonyl (C=O) groups excluding carboxylic acids is 1. The number of imidazole rings is 1. The van der Waals surface area contributed by atoms with E-state index in [1.807, 2.05) is 41.8 Å². The lowest BCUT2D eigenvalue weighted by atomic mass is 10.1. The predicted molar refractivity (Wildman–Crippen MR) is 90.2 cm³/mol. The standard InChI is InChI=1S/C17H18N4O3/c1-11-17(20-16(22)10-23-2)21-9-14(18-8-15(21)19-11)12-4-6-13(24-3)7-5-12/h4-9H,10H2,1-3H3,(H,20,22). The topological polar surface area (TPSA) is 77.8 Å². The van der Waals surface area contributed by atoms with Gasteiger partial charge in [-0.2, -0.15) is 0 Å². The largest absolute Gasteiger partial charge is 0.497 e. The molecule has 2 heterocycles. The molecule has 0 atom stereocenters. The molecule has 0 unspecified atom stereocenters. The number of carbonyl (C=O) groups is 1. The third-order valence-corrected chi connectivity index (χ3v) is 3.60. The molecule has 0 fully saturated rings. The van der Waals surface area contributed by atoms with Gasteiger partial charge in [0.15, 0.2) is 5.65 Å². The number of methoxy groups -OCH3 is 2. The quantitative estimate of drug-likeness (QED) is 0.778. The summed E-state index contributed by atoms with van der Waals surface area (Å²) in [6.45, 7) is 1.82. The lowest BCUT2D eigenvalue weighted by Crippen LogP contribution is -2.18. The summed E-state index contributed by atoms with van der Waals surface area (Å²) in [5.41, 5.74) is 3.09. The number of aromatic nitrogens is 3. The molecule has 0 aliphatic heterocycles. The van der Waals surface area contributed by atoms with E-state index < -0.39 is 0 Å². The Hall–Kier alpha value is -2.93. The summed E-state index contributed by atoms with van der Waals surface area (Å²) in [6.07, 6.45) is 3.53. The van der Waals surface area contributed by atoms with Crippen molar-refractivity contribution in [2.75, 3.05) is 26.1 Å². The van der Waals surface area contributed by atoms with E-state index >= 15 is 0 Å². The summed E-state index contributed by atoms with van der Waals surface area (Å²) >= 11 is 0. The van der Waals surface area contributed by atoms with Crippen LogP contribution in [0.3, 0.4) is 0 Å². The van der Waals surface area contributed by atoms with Crippen molar-refractivity contribution in [3.63, 3.8) is 0 Å². The predicted octanol–water partition coefficient (Wildman–Crippen LogP) is 2.30. The van der Waals surface area contributed by atoms with E-state index in [1.165, 1.54) is 7.11 Å². The number of aryl methyl sites for hydroxylation is 1. The van der Waals surface area contributed by atoms with Crippen molar-refractivity contribution in [3.05, 3.63) is 42.4 Å². The summed E-state index contributed by atoms with van der Waals surface area (Å²) < 4.78 is 11.8. The van der Waals surface area contributed by atoms with E-state index in [0.29, 0.717) is 17.2 Å². The van der Waals surface area contributed by atoms with Gasteiger partial charge in [-0.3, -0.25) is 14.2 Å². The van der Waals surface area contributed by atoms with Gasteiger partial charge in [-0.25, -0.2) is 4.98 Å². The van der Waals surface area contributed by atoms with Crippen LogP contribution in [0.5, 0.6) is 5.75 Å². The van der Waals surface area contributed by atoms with Gasteiger partial charge in [0.1, 0.15) is 18.2 Å². The molecule has 0 aliphatic rings. The van der Waals surface area contributed by atoms with Crippen LogP contribution in [0.2, 0.25) is 0 Å². The molecule has 0 saturated carbocycles. The molecule has 0 bridgehead atoms. The van der Waals surface area contributed by atoms with Gasteiger partial charge in [0.05, 0.1) is 24.7 Å². The molecule has 3 rings (SSSR count). The normalized spacial score (nSPS) is 10.8. The maximum atomic E-state index is 11.8. The second-order valence-electron chi connectivity index (χ2n) is 5.26. The highest BCUT2D eigenvalue weighted by Gasteiger charge is 2.13. The SMILES string of the molecule is COCC(=O)Nc1c(C)nc2cnc(-c3ccc(OC)cc3)cn12. The van der Waals surface area contributed by atoms with E-state index in [4.69, 9.17) is 9.47 Å². The Morgan fingerprint density at radius 1 is 1.25 bits per heavy atom. The number of fused-ring (bicyclic) bond motifs is 1. The molecule has 0 saturated heterocycles. The maximum absolute atomic E-state index is 11.8. The van der Waals surface area contributed by atoms with Crippen molar-refractivity contribution in [1.82, 2.24) is 14.4 Å². The minimum atomic E-state index is -0.231. The van der Waals surface area contributed by atoms with Crippen LogP contribution >= 0.6 is 0 Å². The number of amides is 1. The number of hydrogen-bond donors (Lipinski definition) is 1. The van der Waals surface area contributed by atoms with Gasteiger partial charge in [-0.15, -0.1) is 0 Å². The first kappa shape index (κ1) is 15.9. The highest BCUT2D eigenvalue weighted by Crippen LogP contribution is 2.23. The Balaban J connectivity index is 2.00. The number of hydrogen-bond acceptors (Lipinski definition) is 5. The van der Waals surface area contributed by atoms with Crippen molar-refractivity contribution in [2.45, 2.75) is 6.92 Å². The van der Waals surface area contributed by atoms with Gasteiger partial charge < -0.3 is 14.8 Å². The fraction of sp³-hybridized carbons (Fsp3) is 0.235. The molecule has 0 spiro atoms. The minimum absolute atomic E-state index is 0.0108. The molecule has 1 amide bonds. The van der Waals surface area contributed by atoms with Crippen molar-refractivity contribution in [2.24, 2.45) is 0 Å². The summed E-state index contributed by atoms with van der Waals surface area (Å²) in [4.78, 5) is 20.7. The van der Waals surface area contributed by atoms with Crippen molar-refractivity contribution < 1.29 is 14.3 Å². The summed E-state index contributed by atoms with van der Waals surface area (Å²) in [7, 11) is 3.11. The first-order valence-electron chi connectivity index (χ1n) is 7.40. The molecular formula is C17H18N4O3. The van der Waals surface area contributed by atoms with E-state index in [0.717, 1.165) is 17.0 Å². The molecule has 1 N–H and O–H groups in total. The van der Waals surface area contributed by atoms with E-state index in [2.05, 4.69) is 15.3 Å². The lowest BCUT2D eigenvalue weighted by molar-refractivity contribution is -0.119. The summed E-state index contributed by atoms with van der Waals surface area (Å²) in [6, 6.07) is 7.61. The van der Waals surface area contributed by atoms with Gasteiger partial charge in [0, 0.05) is 18.9 Å². The van der Waals surface area contributed by atoms with Gasteiger partial charge in [-0.05, 0) is 31.2 Å². The van der Waals surface area contributed by atoms with Crippen LogP contribution in [0, 0.1) is 6.92 Å². The third kappa shape index (κ3) is 3.07. The fourth-order valence-electron chi connectivity index (χ4n) is 2.43. The minimum Gasteiger partial charge on any atom is -0.497 e. The Bertz CT molecular complexity index is 871. The van der Waals surface area contributed by atoms with Crippen LogP contribution in [0.25, 0.3) is 16.9 Å². The zero-order chi connectivity index (χ0) is 17.1. The highest BCUT2D eigenvalue weighted by molar-refractivity contribution is 5.92. The molecule has 7 nitrogen and oxygen atoms in total. The highest BCUT2D eigenvalue weighted by atomic mass is 16.5.